The van der Waals surface area contributed by atoms with Crippen molar-refractivity contribution in [3.63, 3.8) is 0 Å². The third kappa shape index (κ3) is 3.17. The van der Waals surface area contributed by atoms with Crippen molar-refractivity contribution in [1.82, 2.24) is 14.5 Å². The second kappa shape index (κ2) is 7.36. The van der Waals surface area contributed by atoms with Crippen molar-refractivity contribution in [2.45, 2.75) is 25.4 Å². The summed E-state index contributed by atoms with van der Waals surface area (Å²) in [7, 11) is 0. The van der Waals surface area contributed by atoms with Crippen LogP contribution in [0.2, 0.25) is 0 Å². The van der Waals surface area contributed by atoms with Crippen molar-refractivity contribution < 1.29 is 19.0 Å². The highest BCUT2D eigenvalue weighted by Gasteiger charge is 2.33. The molecule has 4 heterocycles. The summed E-state index contributed by atoms with van der Waals surface area (Å²) in [5, 5.41) is 12.6. The molecule has 10 nitrogen and oxygen atoms in total. The zero-order chi connectivity index (χ0) is 22.6. The van der Waals surface area contributed by atoms with E-state index in [1.54, 1.807) is 4.57 Å². The Morgan fingerprint density at radius 1 is 1.38 bits per heavy atom. The van der Waals surface area contributed by atoms with Crippen LogP contribution in [0.5, 0.6) is 5.75 Å². The Hall–Kier alpha value is -3.89. The maximum atomic E-state index is 15.3. The van der Waals surface area contributed by atoms with E-state index in [4.69, 9.17) is 10.5 Å². The van der Waals surface area contributed by atoms with Crippen LogP contribution in [0.25, 0.3) is 10.9 Å². The SMILES string of the molecule is C[C@H]1COc2c(N3CC[C@H](Nc4ncc(N)cn4)C3)c(F)cc3c(=O)c(C(=O)O)cn1c23. The molecule has 11 heteroatoms. The molecule has 0 spiro atoms. The van der Waals surface area contributed by atoms with Crippen LogP contribution in [0, 0.1) is 5.82 Å². The fraction of sp³-hybridized carbons (Fsp3) is 0.333. The Morgan fingerprint density at radius 3 is 2.84 bits per heavy atom. The van der Waals surface area contributed by atoms with E-state index in [1.807, 2.05) is 11.8 Å². The molecule has 1 fully saturated rings. The number of ether oxygens (including phenoxy) is 1. The van der Waals surface area contributed by atoms with Gasteiger partial charge in [0.15, 0.2) is 11.6 Å². The van der Waals surface area contributed by atoms with Crippen LogP contribution in [-0.4, -0.2) is 51.3 Å². The molecule has 166 valence electrons. The van der Waals surface area contributed by atoms with Gasteiger partial charge in [0.25, 0.3) is 0 Å². The largest absolute Gasteiger partial charge is 0.487 e. The minimum absolute atomic E-state index is 0.00292. The van der Waals surface area contributed by atoms with Crippen LogP contribution in [0.15, 0.2) is 29.5 Å². The predicted molar refractivity (Wildman–Crippen MR) is 116 cm³/mol. The Balaban J connectivity index is 1.55. The summed E-state index contributed by atoms with van der Waals surface area (Å²) >= 11 is 0. The first-order chi connectivity index (χ1) is 15.3. The zero-order valence-electron chi connectivity index (χ0n) is 17.2. The number of anilines is 3. The highest BCUT2D eigenvalue weighted by atomic mass is 19.1. The van der Waals surface area contributed by atoms with E-state index >= 15 is 4.39 Å². The lowest BCUT2D eigenvalue weighted by Crippen LogP contribution is -2.30. The summed E-state index contributed by atoms with van der Waals surface area (Å²) in [5.74, 6) is -1.27. The number of hydrogen-bond donors (Lipinski definition) is 3. The maximum absolute atomic E-state index is 15.3. The molecule has 0 unspecified atom stereocenters. The molecule has 1 saturated heterocycles. The van der Waals surface area contributed by atoms with Crippen LogP contribution in [0.1, 0.15) is 29.7 Å². The molecule has 1 aromatic carbocycles. The molecule has 0 bridgehead atoms. The summed E-state index contributed by atoms with van der Waals surface area (Å²) in [6.07, 6.45) is 5.05. The first-order valence-corrected chi connectivity index (χ1v) is 10.2. The Bertz CT molecular complexity index is 1290. The molecule has 32 heavy (non-hydrogen) atoms. The molecule has 0 saturated carbocycles. The van der Waals surface area contributed by atoms with E-state index < -0.39 is 22.8 Å². The number of nitrogen functional groups attached to an aromatic ring is 1. The third-order valence-electron chi connectivity index (χ3n) is 5.88. The number of aromatic carboxylic acids is 1. The molecule has 2 atom stereocenters. The van der Waals surface area contributed by atoms with Gasteiger partial charge in [-0.2, -0.15) is 0 Å². The number of aromatic nitrogens is 3. The van der Waals surface area contributed by atoms with Crippen LogP contribution < -0.4 is 26.1 Å². The van der Waals surface area contributed by atoms with Gasteiger partial charge >= 0.3 is 5.97 Å². The minimum Gasteiger partial charge on any atom is -0.487 e. The van der Waals surface area contributed by atoms with Gasteiger partial charge in [0.2, 0.25) is 11.4 Å². The Kier molecular flexibility index (Phi) is 4.61. The molecule has 5 rings (SSSR count). The smallest absolute Gasteiger partial charge is 0.341 e. The number of hydrogen-bond acceptors (Lipinski definition) is 8. The molecule has 0 amide bonds. The van der Waals surface area contributed by atoms with Crippen molar-refractivity contribution in [3.8, 4) is 5.75 Å². The monoisotopic (exact) mass is 440 g/mol. The van der Waals surface area contributed by atoms with Crippen LogP contribution in [-0.2, 0) is 0 Å². The van der Waals surface area contributed by atoms with Gasteiger partial charge in [-0.15, -0.1) is 0 Å². The standard InChI is InChI=1S/C21H21FN6O4/c1-10-9-32-19-16-13(18(29)14(20(30)31)8-28(10)16)4-15(22)17(19)27-3-2-12(7-27)26-21-24-5-11(23)6-25-21/h4-6,8,10,12H,2-3,7,9,23H2,1H3,(H,30,31)(H,24,25,26)/t10-,12-/m0/s1. The van der Waals surface area contributed by atoms with Crippen molar-refractivity contribution in [2.75, 3.05) is 35.6 Å². The summed E-state index contributed by atoms with van der Waals surface area (Å²) in [6.45, 7) is 3.11. The molecule has 2 aliphatic heterocycles. The van der Waals surface area contributed by atoms with Gasteiger partial charge in [0.1, 0.15) is 17.9 Å². The number of carboxylic acids is 1. The van der Waals surface area contributed by atoms with Gasteiger partial charge in [-0.25, -0.2) is 19.2 Å². The fourth-order valence-electron chi connectivity index (χ4n) is 4.34. The molecular formula is C21H21FN6O4. The predicted octanol–water partition coefficient (Wildman–Crippen LogP) is 1.86. The number of carboxylic acid groups (broad SMARTS) is 1. The second-order valence-electron chi connectivity index (χ2n) is 8.09. The number of benzene rings is 1. The quantitative estimate of drug-likeness (QED) is 0.555. The molecule has 0 aliphatic carbocycles. The van der Waals surface area contributed by atoms with Crippen LogP contribution >= 0.6 is 0 Å². The number of rotatable bonds is 4. The maximum Gasteiger partial charge on any atom is 0.341 e. The first-order valence-electron chi connectivity index (χ1n) is 10.2. The van der Waals surface area contributed by atoms with Crippen LogP contribution in [0.4, 0.5) is 21.7 Å². The topological polar surface area (TPSA) is 136 Å². The molecular weight excluding hydrogens is 419 g/mol. The van der Waals surface area contributed by atoms with E-state index in [-0.39, 0.29) is 35.5 Å². The van der Waals surface area contributed by atoms with Gasteiger partial charge in [-0.3, -0.25) is 4.79 Å². The average molecular weight is 440 g/mol. The highest BCUT2D eigenvalue weighted by molar-refractivity contribution is 5.97. The Labute approximate surface area is 181 Å². The summed E-state index contributed by atoms with van der Waals surface area (Å²) in [6, 6.07) is 0.877. The molecule has 4 N–H and O–H groups in total. The lowest BCUT2D eigenvalue weighted by Gasteiger charge is -2.31. The molecule has 2 aromatic heterocycles. The third-order valence-corrected chi connectivity index (χ3v) is 5.88. The van der Waals surface area contributed by atoms with Gasteiger partial charge in [0.05, 0.1) is 35.0 Å². The number of pyridine rings is 1. The number of carbonyl (C=O) groups is 1. The van der Waals surface area contributed by atoms with E-state index in [2.05, 4.69) is 15.3 Å². The lowest BCUT2D eigenvalue weighted by atomic mass is 10.1. The number of nitrogens with two attached hydrogens (primary N) is 1. The Morgan fingerprint density at radius 2 is 2.12 bits per heavy atom. The fourth-order valence-corrected chi connectivity index (χ4v) is 4.34. The number of halogens is 1. The van der Waals surface area contributed by atoms with Crippen LogP contribution in [0.3, 0.4) is 0 Å². The van der Waals surface area contributed by atoms with Crippen molar-refractivity contribution in [2.24, 2.45) is 0 Å². The molecule has 2 aliphatic rings. The second-order valence-corrected chi connectivity index (χ2v) is 8.09. The van der Waals surface area contributed by atoms with E-state index in [0.29, 0.717) is 36.7 Å². The summed E-state index contributed by atoms with van der Waals surface area (Å²) < 4.78 is 22.9. The van der Waals surface area contributed by atoms with Crippen molar-refractivity contribution >= 4 is 34.2 Å². The van der Waals surface area contributed by atoms with Crippen molar-refractivity contribution in [1.29, 1.82) is 0 Å². The minimum atomic E-state index is -1.34. The van der Waals surface area contributed by atoms with Gasteiger partial charge in [0, 0.05) is 25.3 Å². The number of nitrogens with zero attached hydrogens (tertiary/aromatic N) is 4. The summed E-state index contributed by atoms with van der Waals surface area (Å²) in [5.41, 5.74) is 5.64. The lowest BCUT2D eigenvalue weighted by molar-refractivity contribution is 0.0694. The zero-order valence-corrected chi connectivity index (χ0v) is 17.2. The van der Waals surface area contributed by atoms with Crippen molar-refractivity contribution in [3.05, 3.63) is 46.3 Å². The van der Waals surface area contributed by atoms with Gasteiger partial charge < -0.3 is 30.4 Å². The molecule has 0 radical (unpaired) electrons. The summed E-state index contributed by atoms with van der Waals surface area (Å²) in [4.78, 5) is 34.4. The highest BCUT2D eigenvalue weighted by Crippen LogP contribution is 2.42. The normalized spacial score (nSPS) is 19.8. The van der Waals surface area contributed by atoms with E-state index in [0.717, 1.165) is 6.07 Å². The number of nitrogens with one attached hydrogen (secondary N) is 1. The van der Waals surface area contributed by atoms with E-state index in [1.165, 1.54) is 18.6 Å². The average Bonchev–Trinajstić information content (AvgIpc) is 3.21. The van der Waals surface area contributed by atoms with Gasteiger partial charge in [-0.05, 0) is 19.4 Å². The molecule has 3 aromatic rings. The van der Waals surface area contributed by atoms with E-state index in [9.17, 15) is 14.7 Å². The first kappa shape index (κ1) is 20.0. The van der Waals surface area contributed by atoms with Gasteiger partial charge in [-0.1, -0.05) is 0 Å².